The van der Waals surface area contributed by atoms with Crippen LogP contribution in [0, 0.1) is 6.92 Å². The standard InChI is InChI=1S/C15H9BrF3NO2/c1-8-20-13-12(7-6-11(16)14(13)21-8)22-10-4-2-9(3-5-10)15(17,18)19/h2-7H,1H3. The molecule has 0 amide bonds. The molecule has 3 aromatic rings. The fraction of sp³-hybridized carbons (Fsp3) is 0.133. The molecule has 0 radical (unpaired) electrons. The molecule has 0 N–H and O–H groups in total. The fourth-order valence-electron chi connectivity index (χ4n) is 1.98. The van der Waals surface area contributed by atoms with Gasteiger partial charge in [-0.1, -0.05) is 0 Å². The summed E-state index contributed by atoms with van der Waals surface area (Å²) < 4.78 is 49.4. The summed E-state index contributed by atoms with van der Waals surface area (Å²) in [5.74, 6) is 1.17. The van der Waals surface area contributed by atoms with E-state index in [1.165, 1.54) is 12.1 Å². The maximum atomic E-state index is 12.5. The predicted molar refractivity (Wildman–Crippen MR) is 78.0 cm³/mol. The van der Waals surface area contributed by atoms with E-state index in [-0.39, 0.29) is 5.75 Å². The lowest BCUT2D eigenvalue weighted by atomic mass is 10.2. The van der Waals surface area contributed by atoms with Gasteiger partial charge in [-0.25, -0.2) is 4.98 Å². The van der Waals surface area contributed by atoms with Crippen LogP contribution in [0.3, 0.4) is 0 Å². The molecule has 0 aliphatic carbocycles. The van der Waals surface area contributed by atoms with Crippen molar-refractivity contribution in [3.63, 3.8) is 0 Å². The van der Waals surface area contributed by atoms with Crippen LogP contribution < -0.4 is 4.74 Å². The van der Waals surface area contributed by atoms with Crippen molar-refractivity contribution in [1.29, 1.82) is 0 Å². The van der Waals surface area contributed by atoms with E-state index >= 15 is 0 Å². The molecule has 7 heteroatoms. The van der Waals surface area contributed by atoms with Crippen molar-refractivity contribution in [3.8, 4) is 11.5 Å². The normalized spacial score (nSPS) is 11.9. The molecule has 0 saturated carbocycles. The molecule has 0 bridgehead atoms. The zero-order valence-corrected chi connectivity index (χ0v) is 12.8. The van der Waals surface area contributed by atoms with Crippen LogP contribution in [0.25, 0.3) is 11.1 Å². The Labute approximate surface area is 131 Å². The monoisotopic (exact) mass is 371 g/mol. The number of rotatable bonds is 2. The first kappa shape index (κ1) is 14.9. The fourth-order valence-corrected chi connectivity index (χ4v) is 2.38. The number of alkyl halides is 3. The van der Waals surface area contributed by atoms with Gasteiger partial charge >= 0.3 is 6.18 Å². The Balaban J connectivity index is 1.95. The lowest BCUT2D eigenvalue weighted by molar-refractivity contribution is -0.137. The number of oxazole rings is 1. The lowest BCUT2D eigenvalue weighted by Crippen LogP contribution is -2.04. The highest BCUT2D eigenvalue weighted by atomic mass is 79.9. The molecule has 0 spiro atoms. The van der Waals surface area contributed by atoms with Gasteiger partial charge in [-0.3, -0.25) is 0 Å². The number of benzene rings is 2. The van der Waals surface area contributed by atoms with Crippen molar-refractivity contribution in [2.24, 2.45) is 0 Å². The molecular formula is C15H9BrF3NO2. The van der Waals surface area contributed by atoms with E-state index in [4.69, 9.17) is 9.15 Å². The van der Waals surface area contributed by atoms with E-state index in [1.807, 2.05) is 0 Å². The summed E-state index contributed by atoms with van der Waals surface area (Å²) in [6.45, 7) is 1.70. The number of ether oxygens (including phenoxy) is 1. The average Bonchev–Trinajstić information content (AvgIpc) is 2.84. The van der Waals surface area contributed by atoms with Crippen molar-refractivity contribution in [3.05, 3.63) is 52.3 Å². The number of aryl methyl sites for hydroxylation is 1. The highest BCUT2D eigenvalue weighted by Crippen LogP contribution is 2.35. The second-order valence-corrected chi connectivity index (χ2v) is 5.43. The van der Waals surface area contributed by atoms with Crippen molar-refractivity contribution in [1.82, 2.24) is 4.98 Å². The first-order chi connectivity index (χ1) is 10.3. The zero-order chi connectivity index (χ0) is 15.9. The summed E-state index contributed by atoms with van der Waals surface area (Å²) in [4.78, 5) is 4.23. The zero-order valence-electron chi connectivity index (χ0n) is 11.2. The first-order valence-electron chi connectivity index (χ1n) is 6.25. The molecule has 0 fully saturated rings. The van der Waals surface area contributed by atoms with Crippen LogP contribution in [-0.4, -0.2) is 4.98 Å². The van der Waals surface area contributed by atoms with Crippen LogP contribution in [0.15, 0.2) is 45.3 Å². The quantitative estimate of drug-likeness (QED) is 0.578. The number of halogens is 4. The second kappa shape index (κ2) is 5.31. The minimum absolute atomic E-state index is 0.289. The van der Waals surface area contributed by atoms with Crippen molar-refractivity contribution in [2.75, 3.05) is 0 Å². The third-order valence-electron chi connectivity index (χ3n) is 2.97. The largest absolute Gasteiger partial charge is 0.455 e. The number of nitrogens with zero attached hydrogens (tertiary/aromatic N) is 1. The predicted octanol–water partition coefficient (Wildman–Crippen LogP) is 5.71. The van der Waals surface area contributed by atoms with E-state index in [0.29, 0.717) is 22.7 Å². The van der Waals surface area contributed by atoms with Crippen LogP contribution in [0.1, 0.15) is 11.5 Å². The van der Waals surface area contributed by atoms with Crippen molar-refractivity contribution < 1.29 is 22.3 Å². The number of aromatic nitrogens is 1. The third-order valence-corrected chi connectivity index (χ3v) is 3.60. The number of fused-ring (bicyclic) bond motifs is 1. The Hall–Kier alpha value is -2.02. The SMILES string of the molecule is Cc1nc2c(Oc3ccc(C(F)(F)F)cc3)ccc(Br)c2o1. The van der Waals surface area contributed by atoms with Gasteiger partial charge in [-0.15, -0.1) is 0 Å². The molecule has 114 valence electrons. The molecule has 1 aromatic heterocycles. The smallest absolute Gasteiger partial charge is 0.416 e. The summed E-state index contributed by atoms with van der Waals surface area (Å²) in [5.41, 5.74) is 0.312. The van der Waals surface area contributed by atoms with Crippen molar-refractivity contribution >= 4 is 27.0 Å². The maximum absolute atomic E-state index is 12.5. The topological polar surface area (TPSA) is 35.3 Å². The van der Waals surface area contributed by atoms with Crippen LogP contribution in [0.5, 0.6) is 11.5 Å². The average molecular weight is 372 g/mol. The summed E-state index contributed by atoms with van der Waals surface area (Å²) in [6.07, 6.45) is -4.37. The molecule has 3 rings (SSSR count). The first-order valence-corrected chi connectivity index (χ1v) is 7.04. The van der Waals surface area contributed by atoms with Gasteiger partial charge in [0.05, 0.1) is 10.0 Å². The summed E-state index contributed by atoms with van der Waals surface area (Å²) >= 11 is 3.35. The number of hydrogen-bond donors (Lipinski definition) is 0. The Morgan fingerprint density at radius 1 is 1.09 bits per heavy atom. The van der Waals surface area contributed by atoms with E-state index in [0.717, 1.165) is 16.6 Å². The summed E-state index contributed by atoms with van der Waals surface area (Å²) in [7, 11) is 0. The number of hydrogen-bond acceptors (Lipinski definition) is 3. The van der Waals surface area contributed by atoms with E-state index in [2.05, 4.69) is 20.9 Å². The van der Waals surface area contributed by atoms with Crippen molar-refractivity contribution in [2.45, 2.75) is 13.1 Å². The highest BCUT2D eigenvalue weighted by Gasteiger charge is 2.30. The highest BCUT2D eigenvalue weighted by molar-refractivity contribution is 9.10. The molecule has 2 aromatic carbocycles. The Morgan fingerprint density at radius 3 is 2.41 bits per heavy atom. The van der Waals surface area contributed by atoms with Crippen LogP contribution in [0.2, 0.25) is 0 Å². The van der Waals surface area contributed by atoms with Crippen LogP contribution in [-0.2, 0) is 6.18 Å². The van der Waals surface area contributed by atoms with Gasteiger partial charge < -0.3 is 9.15 Å². The molecule has 0 saturated heterocycles. The molecule has 0 aliphatic rings. The molecule has 0 unspecified atom stereocenters. The van der Waals surface area contributed by atoms with Gasteiger partial charge in [0.15, 0.2) is 22.7 Å². The molecular weight excluding hydrogens is 363 g/mol. The Morgan fingerprint density at radius 2 is 1.77 bits per heavy atom. The van der Waals surface area contributed by atoms with Gasteiger partial charge in [0.1, 0.15) is 5.75 Å². The van der Waals surface area contributed by atoms with Gasteiger partial charge in [0.2, 0.25) is 0 Å². The molecule has 1 heterocycles. The minimum Gasteiger partial charge on any atom is -0.455 e. The van der Waals surface area contributed by atoms with Gasteiger partial charge in [0.25, 0.3) is 0 Å². The van der Waals surface area contributed by atoms with E-state index in [9.17, 15) is 13.2 Å². The molecule has 3 nitrogen and oxygen atoms in total. The lowest BCUT2D eigenvalue weighted by Gasteiger charge is -2.09. The van der Waals surface area contributed by atoms with Crippen LogP contribution in [0.4, 0.5) is 13.2 Å². The van der Waals surface area contributed by atoms with Gasteiger partial charge in [-0.05, 0) is 52.3 Å². The molecule has 0 aliphatic heterocycles. The third kappa shape index (κ3) is 2.81. The van der Waals surface area contributed by atoms with E-state index < -0.39 is 11.7 Å². The molecule has 22 heavy (non-hydrogen) atoms. The summed E-state index contributed by atoms with van der Waals surface area (Å²) in [6, 6.07) is 7.88. The van der Waals surface area contributed by atoms with Gasteiger partial charge in [0, 0.05) is 6.92 Å². The molecule has 0 atom stereocenters. The minimum atomic E-state index is -4.37. The maximum Gasteiger partial charge on any atom is 0.416 e. The second-order valence-electron chi connectivity index (χ2n) is 4.58. The van der Waals surface area contributed by atoms with Crippen LogP contribution >= 0.6 is 15.9 Å². The summed E-state index contributed by atoms with van der Waals surface area (Å²) in [5, 5.41) is 0. The Bertz CT molecular complexity index is 825. The van der Waals surface area contributed by atoms with Gasteiger partial charge in [-0.2, -0.15) is 13.2 Å². The van der Waals surface area contributed by atoms with E-state index in [1.54, 1.807) is 19.1 Å². The Kier molecular flexibility index (Phi) is 3.60.